The molecule has 3 N–H and O–H groups in total. The average Bonchev–Trinajstić information content (AvgIpc) is 2.84. The van der Waals surface area contributed by atoms with Crippen LogP contribution in [-0.4, -0.2) is 47.4 Å². The summed E-state index contributed by atoms with van der Waals surface area (Å²) in [4.78, 5) is 19.2. The minimum absolute atomic E-state index is 0.0370. The molecule has 1 aromatic carbocycles. The summed E-state index contributed by atoms with van der Waals surface area (Å²) in [6, 6.07) is 7.44. The van der Waals surface area contributed by atoms with Gasteiger partial charge in [0.25, 0.3) is 5.91 Å². The molecule has 12 heteroatoms. The number of halogens is 3. The van der Waals surface area contributed by atoms with Crippen LogP contribution in [0.5, 0.6) is 5.75 Å². The molecular formula is C22H21Cl2FN6O3. The van der Waals surface area contributed by atoms with E-state index in [0.717, 1.165) is 25.0 Å². The Hall–Kier alpha value is -3.21. The van der Waals surface area contributed by atoms with Crippen molar-refractivity contribution < 1.29 is 18.7 Å². The molecule has 3 heterocycles. The fourth-order valence-electron chi connectivity index (χ4n) is 3.39. The number of benzene rings is 1. The minimum atomic E-state index is -0.782. The second-order valence-corrected chi connectivity index (χ2v) is 8.24. The highest BCUT2D eigenvalue weighted by Gasteiger charge is 2.21. The van der Waals surface area contributed by atoms with Gasteiger partial charge in [0, 0.05) is 29.7 Å². The van der Waals surface area contributed by atoms with Gasteiger partial charge in [-0.25, -0.2) is 9.37 Å². The Morgan fingerprint density at radius 1 is 1.24 bits per heavy atom. The summed E-state index contributed by atoms with van der Waals surface area (Å²) >= 11 is 12.2. The van der Waals surface area contributed by atoms with E-state index in [1.165, 1.54) is 12.1 Å². The Balaban J connectivity index is 1.47. The molecule has 3 aromatic rings. The number of morpholine rings is 1. The molecule has 0 aliphatic carbocycles. The minimum Gasteiger partial charge on any atom is -0.482 e. The van der Waals surface area contributed by atoms with E-state index in [2.05, 4.69) is 25.4 Å². The second kappa shape index (κ2) is 10.4. The molecule has 1 aliphatic rings. The summed E-state index contributed by atoms with van der Waals surface area (Å²) in [6.07, 6.45) is 0.774. The number of aromatic nitrogens is 3. The van der Waals surface area contributed by atoms with Crippen LogP contribution in [0, 0.1) is 5.82 Å². The Morgan fingerprint density at radius 2 is 2.00 bits per heavy atom. The van der Waals surface area contributed by atoms with Gasteiger partial charge in [0.15, 0.2) is 17.3 Å². The molecule has 1 fully saturated rings. The van der Waals surface area contributed by atoms with Gasteiger partial charge in [-0.1, -0.05) is 23.2 Å². The van der Waals surface area contributed by atoms with Crippen molar-refractivity contribution in [1.29, 1.82) is 0 Å². The lowest BCUT2D eigenvalue weighted by atomic mass is 10.1. The number of pyridine rings is 1. The maximum absolute atomic E-state index is 13.9. The number of hydrogen-bond donors (Lipinski definition) is 2. The molecule has 1 atom stereocenters. The first-order valence-electron chi connectivity index (χ1n) is 10.4. The quantitative estimate of drug-likeness (QED) is 0.479. The number of carbonyl (C=O) groups is 1. The van der Waals surface area contributed by atoms with Crippen molar-refractivity contribution >= 4 is 46.4 Å². The highest BCUT2D eigenvalue weighted by atomic mass is 35.5. The van der Waals surface area contributed by atoms with Crippen molar-refractivity contribution in [1.82, 2.24) is 15.2 Å². The Kier molecular flexibility index (Phi) is 7.30. The number of carbonyl (C=O) groups excluding carboxylic acids is 1. The SMILES string of the molecule is CC(Oc1cc(C(=O)Nc2ccc(N3CCOCC3)nc2)nnc1N)c1c(Cl)ccc(F)c1Cl. The zero-order chi connectivity index (χ0) is 24.2. The van der Waals surface area contributed by atoms with Crippen molar-refractivity contribution in [2.45, 2.75) is 13.0 Å². The summed E-state index contributed by atoms with van der Waals surface area (Å²) in [6.45, 7) is 4.43. The van der Waals surface area contributed by atoms with Crippen molar-refractivity contribution in [3.8, 4) is 5.75 Å². The first-order chi connectivity index (χ1) is 16.3. The van der Waals surface area contributed by atoms with Crippen LogP contribution in [0.25, 0.3) is 0 Å². The van der Waals surface area contributed by atoms with Gasteiger partial charge in [0.1, 0.15) is 17.7 Å². The average molecular weight is 507 g/mol. The van der Waals surface area contributed by atoms with Crippen LogP contribution in [0.1, 0.15) is 29.1 Å². The number of amides is 1. The number of nitrogen functional groups attached to an aromatic ring is 1. The lowest BCUT2D eigenvalue weighted by Crippen LogP contribution is -2.36. The molecule has 1 amide bonds. The lowest BCUT2D eigenvalue weighted by molar-refractivity contribution is 0.102. The summed E-state index contributed by atoms with van der Waals surface area (Å²) in [5.41, 5.74) is 6.56. The third-order valence-corrected chi connectivity index (χ3v) is 5.86. The molecule has 0 spiro atoms. The van der Waals surface area contributed by atoms with E-state index in [-0.39, 0.29) is 32.9 Å². The fraction of sp³-hybridized carbons (Fsp3) is 0.273. The number of hydrogen-bond acceptors (Lipinski definition) is 8. The summed E-state index contributed by atoms with van der Waals surface area (Å²) in [5, 5.41) is 10.4. The maximum Gasteiger partial charge on any atom is 0.276 e. The number of ether oxygens (including phenoxy) is 2. The van der Waals surface area contributed by atoms with Crippen LogP contribution < -0.4 is 20.7 Å². The number of nitrogens with two attached hydrogens (primary N) is 1. The van der Waals surface area contributed by atoms with Crippen molar-refractivity contribution in [3.05, 3.63) is 63.6 Å². The maximum atomic E-state index is 13.9. The molecule has 9 nitrogen and oxygen atoms in total. The Bertz CT molecular complexity index is 1190. The predicted molar refractivity (Wildman–Crippen MR) is 127 cm³/mol. The molecule has 2 aromatic heterocycles. The van der Waals surface area contributed by atoms with Gasteiger partial charge in [0.05, 0.1) is 30.1 Å². The van der Waals surface area contributed by atoms with E-state index >= 15 is 0 Å². The highest BCUT2D eigenvalue weighted by molar-refractivity contribution is 6.36. The van der Waals surface area contributed by atoms with Gasteiger partial charge in [-0.2, -0.15) is 0 Å². The van der Waals surface area contributed by atoms with Crippen molar-refractivity contribution in [2.24, 2.45) is 0 Å². The van der Waals surface area contributed by atoms with E-state index in [9.17, 15) is 9.18 Å². The first-order valence-corrected chi connectivity index (χ1v) is 11.1. The van der Waals surface area contributed by atoms with Crippen LogP contribution >= 0.6 is 23.2 Å². The standard InChI is InChI=1S/C22H21Cl2FN6O3/c1-12(19-14(23)3-4-15(25)20(19)24)34-17-10-16(29-30-21(17)26)22(32)28-13-2-5-18(27-11-13)31-6-8-33-9-7-31/h2-5,10-12H,6-9H2,1H3,(H2,26,30)(H,28,32). The van der Waals surface area contributed by atoms with Crippen molar-refractivity contribution in [3.63, 3.8) is 0 Å². The smallest absolute Gasteiger partial charge is 0.276 e. The second-order valence-electron chi connectivity index (χ2n) is 7.45. The van der Waals surface area contributed by atoms with Gasteiger partial charge < -0.3 is 25.4 Å². The molecule has 178 valence electrons. The predicted octanol–water partition coefficient (Wildman–Crippen LogP) is 4.13. The Labute approximate surface area is 205 Å². The normalized spacial score (nSPS) is 14.5. The molecule has 0 bridgehead atoms. The van der Waals surface area contributed by atoms with Crippen molar-refractivity contribution in [2.75, 3.05) is 42.3 Å². The number of nitrogens with one attached hydrogen (secondary N) is 1. The fourth-order valence-corrected chi connectivity index (χ4v) is 4.07. The third-order valence-electron chi connectivity index (χ3n) is 5.15. The van der Waals surface area contributed by atoms with E-state index < -0.39 is 17.8 Å². The molecule has 0 radical (unpaired) electrons. The molecule has 1 unspecified atom stereocenters. The molecule has 34 heavy (non-hydrogen) atoms. The van der Waals surface area contributed by atoms with E-state index in [0.29, 0.717) is 18.9 Å². The molecule has 1 aliphatic heterocycles. The Morgan fingerprint density at radius 3 is 2.71 bits per heavy atom. The van der Waals surface area contributed by atoms with Crippen LogP contribution in [0.15, 0.2) is 36.5 Å². The summed E-state index contributed by atoms with van der Waals surface area (Å²) in [7, 11) is 0. The van der Waals surface area contributed by atoms with Gasteiger partial charge >= 0.3 is 0 Å². The van der Waals surface area contributed by atoms with Crippen LogP contribution in [0.3, 0.4) is 0 Å². The summed E-state index contributed by atoms with van der Waals surface area (Å²) < 4.78 is 25.0. The monoisotopic (exact) mass is 506 g/mol. The first kappa shape index (κ1) is 23.9. The zero-order valence-corrected chi connectivity index (χ0v) is 19.6. The third kappa shape index (κ3) is 5.30. The van der Waals surface area contributed by atoms with E-state index in [1.807, 2.05) is 6.07 Å². The largest absolute Gasteiger partial charge is 0.482 e. The molecular weight excluding hydrogens is 486 g/mol. The van der Waals surface area contributed by atoms with Crippen LogP contribution in [-0.2, 0) is 4.74 Å². The highest BCUT2D eigenvalue weighted by Crippen LogP contribution is 2.35. The number of nitrogens with zero attached hydrogens (tertiary/aromatic N) is 4. The summed E-state index contributed by atoms with van der Waals surface area (Å²) in [5.74, 6) is -0.347. The molecule has 1 saturated heterocycles. The van der Waals surface area contributed by atoms with E-state index in [4.69, 9.17) is 38.4 Å². The lowest BCUT2D eigenvalue weighted by Gasteiger charge is -2.27. The van der Waals surface area contributed by atoms with Gasteiger partial charge in [-0.15, -0.1) is 10.2 Å². The van der Waals surface area contributed by atoms with E-state index in [1.54, 1.807) is 19.2 Å². The number of rotatable bonds is 6. The van der Waals surface area contributed by atoms with Gasteiger partial charge in [-0.3, -0.25) is 4.79 Å². The van der Waals surface area contributed by atoms with Gasteiger partial charge in [0.2, 0.25) is 0 Å². The topological polar surface area (TPSA) is 115 Å². The van der Waals surface area contributed by atoms with Crippen LogP contribution in [0.2, 0.25) is 10.0 Å². The zero-order valence-electron chi connectivity index (χ0n) is 18.1. The number of anilines is 3. The van der Waals surface area contributed by atoms with Gasteiger partial charge in [-0.05, 0) is 31.2 Å². The molecule has 0 saturated carbocycles. The van der Waals surface area contributed by atoms with Crippen LogP contribution in [0.4, 0.5) is 21.7 Å². The molecule has 4 rings (SSSR count).